The van der Waals surface area contributed by atoms with Crippen LogP contribution in [0.5, 0.6) is 0 Å². The Kier molecular flexibility index (Phi) is 10.4. The van der Waals surface area contributed by atoms with Crippen LogP contribution >= 0.6 is 0 Å². The van der Waals surface area contributed by atoms with E-state index in [4.69, 9.17) is 0 Å². The number of pyridine rings is 1. The van der Waals surface area contributed by atoms with E-state index in [1.54, 1.807) is 12.1 Å². The maximum absolute atomic E-state index is 10.4. The largest absolute Gasteiger partial charge is 0.744 e. The number of nitrogens with zero attached hydrogens (tertiary/aromatic N) is 1. The average molecular weight is 634 g/mol. The van der Waals surface area contributed by atoms with Gasteiger partial charge >= 0.3 is 0 Å². The second-order valence-electron chi connectivity index (χ2n) is 16.3. The summed E-state index contributed by atoms with van der Waals surface area (Å²) >= 11 is 0. The lowest BCUT2D eigenvalue weighted by molar-refractivity contribution is -0.725. The molecule has 0 amide bonds. The predicted octanol–water partition coefficient (Wildman–Crippen LogP) is 9.76. The highest BCUT2D eigenvalue weighted by Crippen LogP contribution is 2.67. The minimum atomic E-state index is -4.27. The van der Waals surface area contributed by atoms with Gasteiger partial charge in [-0.05, 0) is 116 Å². The lowest BCUT2D eigenvalue weighted by Crippen LogP contribution is -2.52. The quantitative estimate of drug-likeness (QED) is 0.173. The highest BCUT2D eigenvalue weighted by atomic mass is 32.2. The molecule has 8 unspecified atom stereocenters. The van der Waals surface area contributed by atoms with Gasteiger partial charge in [0.1, 0.15) is 10.1 Å². The molecule has 0 bridgehead atoms. The summed E-state index contributed by atoms with van der Waals surface area (Å²) in [4.78, 5) is -0.178. The minimum absolute atomic E-state index is 0.178. The smallest absolute Gasteiger partial charge is 0.169 e. The molecule has 248 valence electrons. The fourth-order valence-corrected chi connectivity index (χ4v) is 10.9. The molecule has 8 atom stereocenters. The number of rotatable bonds is 7. The molecule has 4 nitrogen and oxygen atoms in total. The van der Waals surface area contributed by atoms with Gasteiger partial charge in [-0.15, -0.1) is 0 Å². The molecule has 0 N–H and O–H groups in total. The van der Waals surface area contributed by atoms with E-state index in [-0.39, 0.29) is 4.90 Å². The fraction of sp³-hybridized carbons (Fsp3) is 0.675. The Balaban J connectivity index is 0.000000309. The molecule has 1 aromatic carbocycles. The van der Waals surface area contributed by atoms with Crippen molar-refractivity contribution in [3.8, 4) is 0 Å². The Morgan fingerprint density at radius 3 is 2.18 bits per heavy atom. The number of benzene rings is 1. The SMILES string of the molecule is Cc1cc[n+](C2CCC3(C)C(=CCC4C3CCC3(C)C(C(C)CCCC(C)C)CCC43)C2)cc1.Cc1ccc(S(=O)(=O)[O-])cc1. The first-order valence-corrected chi connectivity index (χ1v) is 19.3. The van der Waals surface area contributed by atoms with Crippen molar-refractivity contribution in [2.75, 3.05) is 0 Å². The standard InChI is InChI=1S/C33H52N.C7H8O3S/c1-23(2)8-7-9-25(4)29-12-13-30-28-11-10-26-22-27(34-20-16-24(3)17-21-34)14-18-32(26,5)31(28)15-19-33(29,30)6;1-6-2-4-7(5-3-6)11(8,9)10/h10,16-17,20-21,23,25,27-31H,7-9,11-15,18-19,22H2,1-6H3;2-5H,1H3,(H,8,9,10)/q+1;/p-1. The second kappa shape index (κ2) is 13.6. The second-order valence-corrected chi connectivity index (χ2v) is 17.7. The Hall–Kier alpha value is -1.98. The summed E-state index contributed by atoms with van der Waals surface area (Å²) in [6.07, 6.45) is 23.1. The molecule has 1 heterocycles. The molecular weight excluding hydrogens is 575 g/mol. The molecule has 3 saturated carbocycles. The van der Waals surface area contributed by atoms with E-state index in [2.05, 4.69) is 76.7 Å². The first-order valence-electron chi connectivity index (χ1n) is 17.9. The van der Waals surface area contributed by atoms with Gasteiger partial charge in [-0.2, -0.15) is 0 Å². The van der Waals surface area contributed by atoms with E-state index in [0.29, 0.717) is 16.9 Å². The molecule has 2 aromatic rings. The Morgan fingerprint density at radius 1 is 0.867 bits per heavy atom. The van der Waals surface area contributed by atoms with Crippen molar-refractivity contribution < 1.29 is 17.5 Å². The van der Waals surface area contributed by atoms with Crippen LogP contribution in [0.3, 0.4) is 0 Å². The number of hydrogen-bond donors (Lipinski definition) is 0. The van der Waals surface area contributed by atoms with E-state index in [1.807, 2.05) is 12.5 Å². The molecule has 5 heteroatoms. The topological polar surface area (TPSA) is 61.1 Å². The fourth-order valence-electron chi connectivity index (χ4n) is 10.4. The van der Waals surface area contributed by atoms with Gasteiger partial charge in [0.25, 0.3) is 0 Å². The lowest BCUT2D eigenvalue weighted by Gasteiger charge is -2.58. The molecule has 4 aliphatic rings. The highest BCUT2D eigenvalue weighted by molar-refractivity contribution is 7.85. The van der Waals surface area contributed by atoms with E-state index in [1.165, 1.54) is 88.3 Å². The van der Waals surface area contributed by atoms with Crippen molar-refractivity contribution in [3.05, 3.63) is 71.6 Å². The zero-order valence-electron chi connectivity index (χ0n) is 29.1. The van der Waals surface area contributed by atoms with Gasteiger partial charge in [0, 0.05) is 25.0 Å². The van der Waals surface area contributed by atoms with Crippen LogP contribution in [0.1, 0.15) is 122 Å². The Bertz CT molecular complexity index is 1430. The van der Waals surface area contributed by atoms with E-state index >= 15 is 0 Å². The zero-order valence-corrected chi connectivity index (χ0v) is 29.9. The van der Waals surface area contributed by atoms with Crippen LogP contribution < -0.4 is 4.57 Å². The molecule has 0 saturated heterocycles. The zero-order chi connectivity index (χ0) is 32.6. The maximum atomic E-state index is 10.4. The number of allylic oxidation sites excluding steroid dienone is 2. The molecule has 4 aliphatic carbocycles. The van der Waals surface area contributed by atoms with Crippen molar-refractivity contribution in [1.82, 2.24) is 0 Å². The van der Waals surface area contributed by atoms with Crippen LogP contribution in [0.4, 0.5) is 0 Å². The van der Waals surface area contributed by atoms with Crippen molar-refractivity contribution in [2.45, 2.75) is 130 Å². The highest BCUT2D eigenvalue weighted by Gasteiger charge is 2.59. The van der Waals surface area contributed by atoms with Gasteiger partial charge < -0.3 is 4.55 Å². The summed E-state index contributed by atoms with van der Waals surface area (Å²) in [5, 5.41) is 0. The van der Waals surface area contributed by atoms with E-state index < -0.39 is 10.1 Å². The van der Waals surface area contributed by atoms with Gasteiger partial charge in [-0.1, -0.05) is 83.2 Å². The van der Waals surface area contributed by atoms with E-state index in [0.717, 1.165) is 41.1 Å². The lowest BCUT2D eigenvalue weighted by atomic mass is 9.47. The Morgan fingerprint density at radius 2 is 1.53 bits per heavy atom. The van der Waals surface area contributed by atoms with Crippen LogP contribution in [0, 0.1) is 60.2 Å². The molecule has 45 heavy (non-hydrogen) atoms. The summed E-state index contributed by atoms with van der Waals surface area (Å²) in [5.41, 5.74) is 5.18. The molecule has 0 aliphatic heterocycles. The first kappa shape index (κ1) is 34.4. The van der Waals surface area contributed by atoms with Gasteiger partial charge in [0.05, 0.1) is 4.90 Å². The van der Waals surface area contributed by atoms with E-state index in [9.17, 15) is 13.0 Å². The normalized spacial score (nSPS) is 33.3. The van der Waals surface area contributed by atoms with Gasteiger partial charge in [0.2, 0.25) is 0 Å². The molecule has 0 spiro atoms. The van der Waals surface area contributed by atoms with Gasteiger partial charge in [-0.25, -0.2) is 13.0 Å². The Labute approximate surface area is 274 Å². The minimum Gasteiger partial charge on any atom is -0.744 e. The van der Waals surface area contributed by atoms with Gasteiger partial charge in [-0.3, -0.25) is 0 Å². The van der Waals surface area contributed by atoms with Crippen LogP contribution in [0.2, 0.25) is 0 Å². The maximum Gasteiger partial charge on any atom is 0.169 e. The summed E-state index contributed by atoms with van der Waals surface area (Å²) in [6, 6.07) is 11.0. The predicted molar refractivity (Wildman–Crippen MR) is 183 cm³/mol. The van der Waals surface area contributed by atoms with Crippen molar-refractivity contribution in [3.63, 3.8) is 0 Å². The van der Waals surface area contributed by atoms with Crippen molar-refractivity contribution in [2.24, 2.45) is 46.3 Å². The average Bonchev–Trinajstić information content (AvgIpc) is 3.34. The number of fused-ring (bicyclic) bond motifs is 5. The molecule has 1 aromatic heterocycles. The van der Waals surface area contributed by atoms with Crippen LogP contribution in [-0.2, 0) is 10.1 Å². The third-order valence-corrected chi connectivity index (χ3v) is 13.9. The van der Waals surface area contributed by atoms with Gasteiger partial charge in [0.15, 0.2) is 18.4 Å². The molecule has 6 rings (SSSR count). The molecule has 3 fully saturated rings. The third-order valence-electron chi connectivity index (χ3n) is 13.0. The molecular formula is C40H59NO3S. The summed E-state index contributed by atoms with van der Waals surface area (Å²) in [5.74, 6) is 5.60. The van der Waals surface area contributed by atoms with Crippen molar-refractivity contribution in [1.29, 1.82) is 0 Å². The monoisotopic (exact) mass is 633 g/mol. The third kappa shape index (κ3) is 7.30. The number of hydrogen-bond acceptors (Lipinski definition) is 3. The number of aryl methyl sites for hydroxylation is 2. The van der Waals surface area contributed by atoms with Crippen LogP contribution in [-0.4, -0.2) is 13.0 Å². The number of aromatic nitrogens is 1. The van der Waals surface area contributed by atoms with Crippen LogP contribution in [0.25, 0.3) is 0 Å². The summed E-state index contributed by atoms with van der Waals surface area (Å²) in [7, 11) is -4.27. The summed E-state index contributed by atoms with van der Waals surface area (Å²) < 4.78 is 33.7. The van der Waals surface area contributed by atoms with Crippen LogP contribution in [0.15, 0.2) is 65.3 Å². The van der Waals surface area contributed by atoms with Crippen molar-refractivity contribution >= 4 is 10.1 Å². The summed E-state index contributed by atoms with van der Waals surface area (Å²) in [6.45, 7) is 16.8. The first-order chi connectivity index (χ1) is 21.2. The molecule has 0 radical (unpaired) electrons.